The van der Waals surface area contributed by atoms with E-state index in [1.54, 1.807) is 55.6 Å². The third kappa shape index (κ3) is 4.56. The maximum Gasteiger partial charge on any atom is 0.343 e. The van der Waals surface area contributed by atoms with Crippen LogP contribution in [-0.4, -0.2) is 13.1 Å². The van der Waals surface area contributed by atoms with Crippen LogP contribution in [0.4, 0.5) is 11.4 Å². The van der Waals surface area contributed by atoms with Crippen molar-refractivity contribution < 1.29 is 14.3 Å². The molecule has 3 rings (SSSR count). The fraction of sp³-hybridized carbons (Fsp3) is 0.136. The molecule has 0 aliphatic rings. The molecule has 0 N–H and O–H groups in total. The number of aryl methyl sites for hydroxylation is 2. The largest absolute Gasteiger partial charge is 0.497 e. The molecule has 5 nitrogen and oxygen atoms in total. The molecule has 28 heavy (non-hydrogen) atoms. The summed E-state index contributed by atoms with van der Waals surface area (Å²) < 4.78 is 10.6. The number of methoxy groups -OCH3 is 1. The van der Waals surface area contributed by atoms with E-state index >= 15 is 0 Å². The Bertz CT molecular complexity index is 1030. The highest BCUT2D eigenvalue weighted by molar-refractivity contribution is 6.33. The number of halogens is 1. The predicted octanol–water partition coefficient (Wildman–Crippen LogP) is 6.60. The van der Waals surface area contributed by atoms with Gasteiger partial charge in [-0.15, -0.1) is 5.11 Å². The molecule has 0 fully saturated rings. The van der Waals surface area contributed by atoms with E-state index in [4.69, 9.17) is 21.1 Å². The number of carbonyl (C=O) groups excluding carboxylic acids is 1. The topological polar surface area (TPSA) is 60.2 Å². The van der Waals surface area contributed by atoms with E-state index in [1.807, 2.05) is 26.0 Å². The number of ether oxygens (including phenoxy) is 2. The Balaban J connectivity index is 1.73. The molecule has 0 aliphatic carbocycles. The highest BCUT2D eigenvalue weighted by atomic mass is 35.5. The first-order chi connectivity index (χ1) is 13.5. The summed E-state index contributed by atoms with van der Waals surface area (Å²) in [5.74, 6) is 0.705. The van der Waals surface area contributed by atoms with Gasteiger partial charge in [0.2, 0.25) is 0 Å². The molecule has 6 heteroatoms. The van der Waals surface area contributed by atoms with Crippen molar-refractivity contribution in [1.82, 2.24) is 0 Å². The van der Waals surface area contributed by atoms with Crippen LogP contribution >= 0.6 is 11.6 Å². The SMILES string of the molecule is COc1ccc(C(=O)Oc2ccc(N=Nc3cccc(C)c3Cl)cc2C)cc1. The zero-order valence-corrected chi connectivity index (χ0v) is 16.5. The summed E-state index contributed by atoms with van der Waals surface area (Å²) in [7, 11) is 1.57. The normalized spacial score (nSPS) is 10.9. The average molecular weight is 395 g/mol. The number of esters is 1. The standard InChI is InChI=1S/C22H19ClN2O3/c1-14-5-4-6-19(21(14)23)25-24-17-9-12-20(15(2)13-17)28-22(26)16-7-10-18(27-3)11-8-16/h4-13H,1-3H3. The van der Waals surface area contributed by atoms with Gasteiger partial charge in [0.25, 0.3) is 0 Å². The summed E-state index contributed by atoms with van der Waals surface area (Å²) >= 11 is 6.23. The van der Waals surface area contributed by atoms with Crippen LogP contribution in [-0.2, 0) is 0 Å². The molecule has 3 aromatic carbocycles. The Morgan fingerprint density at radius 3 is 2.36 bits per heavy atom. The Kier molecular flexibility index (Phi) is 6.06. The van der Waals surface area contributed by atoms with Crippen molar-refractivity contribution in [2.24, 2.45) is 10.2 Å². The van der Waals surface area contributed by atoms with Gasteiger partial charge in [0.1, 0.15) is 17.2 Å². The van der Waals surface area contributed by atoms with Gasteiger partial charge in [-0.3, -0.25) is 0 Å². The van der Waals surface area contributed by atoms with E-state index in [2.05, 4.69) is 10.2 Å². The van der Waals surface area contributed by atoms with Crippen LogP contribution < -0.4 is 9.47 Å². The lowest BCUT2D eigenvalue weighted by molar-refractivity contribution is 0.0733. The third-order valence-corrected chi connectivity index (χ3v) is 4.62. The summed E-state index contributed by atoms with van der Waals surface area (Å²) in [6.07, 6.45) is 0. The van der Waals surface area contributed by atoms with Gasteiger partial charge in [0.05, 0.1) is 23.4 Å². The Labute approximate surface area is 168 Å². The van der Waals surface area contributed by atoms with Crippen LogP contribution in [0, 0.1) is 13.8 Å². The minimum Gasteiger partial charge on any atom is -0.497 e. The van der Waals surface area contributed by atoms with E-state index in [0.29, 0.717) is 33.5 Å². The number of hydrogen-bond donors (Lipinski definition) is 0. The Hall–Kier alpha value is -3.18. The molecule has 0 atom stereocenters. The quantitative estimate of drug-likeness (QED) is 0.278. The van der Waals surface area contributed by atoms with Crippen molar-refractivity contribution in [1.29, 1.82) is 0 Å². The number of benzene rings is 3. The highest BCUT2D eigenvalue weighted by Crippen LogP contribution is 2.30. The first-order valence-corrected chi connectivity index (χ1v) is 8.99. The van der Waals surface area contributed by atoms with Gasteiger partial charge in [0.15, 0.2) is 0 Å². The molecule has 0 saturated carbocycles. The molecule has 0 amide bonds. The molecule has 0 saturated heterocycles. The number of carbonyl (C=O) groups is 1. The van der Waals surface area contributed by atoms with Gasteiger partial charge in [-0.25, -0.2) is 4.79 Å². The number of azo groups is 1. The van der Waals surface area contributed by atoms with E-state index in [0.717, 1.165) is 11.1 Å². The summed E-state index contributed by atoms with van der Waals surface area (Å²) in [5, 5.41) is 9.01. The molecule has 0 aromatic heterocycles. The van der Waals surface area contributed by atoms with Gasteiger partial charge >= 0.3 is 5.97 Å². The fourth-order valence-corrected chi connectivity index (χ4v) is 2.68. The lowest BCUT2D eigenvalue weighted by atomic mass is 10.2. The molecular weight excluding hydrogens is 376 g/mol. The van der Waals surface area contributed by atoms with Gasteiger partial charge in [-0.2, -0.15) is 5.11 Å². The maximum absolute atomic E-state index is 12.3. The van der Waals surface area contributed by atoms with Crippen molar-refractivity contribution in [3.8, 4) is 11.5 Å². The van der Waals surface area contributed by atoms with Crippen molar-refractivity contribution in [3.63, 3.8) is 0 Å². The van der Waals surface area contributed by atoms with E-state index < -0.39 is 5.97 Å². The molecule has 0 spiro atoms. The van der Waals surface area contributed by atoms with Crippen LogP contribution in [0.1, 0.15) is 21.5 Å². The first-order valence-electron chi connectivity index (χ1n) is 8.61. The highest BCUT2D eigenvalue weighted by Gasteiger charge is 2.11. The van der Waals surface area contributed by atoms with E-state index in [-0.39, 0.29) is 0 Å². The van der Waals surface area contributed by atoms with Crippen molar-refractivity contribution in [2.75, 3.05) is 7.11 Å². The molecule has 0 unspecified atom stereocenters. The van der Waals surface area contributed by atoms with Gasteiger partial charge < -0.3 is 9.47 Å². The van der Waals surface area contributed by atoms with Gasteiger partial charge in [0, 0.05) is 0 Å². The van der Waals surface area contributed by atoms with Crippen LogP contribution in [0.25, 0.3) is 0 Å². The van der Waals surface area contributed by atoms with E-state index in [9.17, 15) is 4.79 Å². The molecule has 142 valence electrons. The number of hydrogen-bond acceptors (Lipinski definition) is 5. The second-order valence-electron chi connectivity index (χ2n) is 6.18. The second-order valence-corrected chi connectivity index (χ2v) is 6.55. The third-order valence-electron chi connectivity index (χ3n) is 4.13. The molecule has 0 heterocycles. The summed E-state index contributed by atoms with van der Waals surface area (Å²) in [4.78, 5) is 12.3. The average Bonchev–Trinajstić information content (AvgIpc) is 2.71. The number of nitrogens with zero attached hydrogens (tertiary/aromatic N) is 2. The van der Waals surface area contributed by atoms with Gasteiger partial charge in [-0.05, 0) is 73.5 Å². The molecule has 3 aromatic rings. The van der Waals surface area contributed by atoms with Crippen LogP contribution in [0.15, 0.2) is 70.9 Å². The Morgan fingerprint density at radius 1 is 0.929 bits per heavy atom. The lowest BCUT2D eigenvalue weighted by Crippen LogP contribution is -2.09. The maximum atomic E-state index is 12.3. The van der Waals surface area contributed by atoms with Crippen LogP contribution in [0.2, 0.25) is 5.02 Å². The minimum atomic E-state index is -0.438. The Morgan fingerprint density at radius 2 is 1.68 bits per heavy atom. The van der Waals surface area contributed by atoms with Crippen LogP contribution in [0.3, 0.4) is 0 Å². The molecule has 0 aliphatic heterocycles. The predicted molar refractivity (Wildman–Crippen MR) is 109 cm³/mol. The molecule has 0 radical (unpaired) electrons. The fourth-order valence-electron chi connectivity index (χ4n) is 2.52. The molecular formula is C22H19ClN2O3. The van der Waals surface area contributed by atoms with Crippen molar-refractivity contribution in [3.05, 3.63) is 82.4 Å². The van der Waals surface area contributed by atoms with Crippen molar-refractivity contribution in [2.45, 2.75) is 13.8 Å². The summed E-state index contributed by atoms with van der Waals surface area (Å²) in [5.41, 5.74) is 3.40. The van der Waals surface area contributed by atoms with Crippen LogP contribution in [0.5, 0.6) is 11.5 Å². The number of rotatable bonds is 5. The zero-order chi connectivity index (χ0) is 20.1. The van der Waals surface area contributed by atoms with Gasteiger partial charge in [-0.1, -0.05) is 23.7 Å². The molecule has 0 bridgehead atoms. The zero-order valence-electron chi connectivity index (χ0n) is 15.8. The monoisotopic (exact) mass is 394 g/mol. The van der Waals surface area contributed by atoms with E-state index in [1.165, 1.54) is 0 Å². The first kappa shape index (κ1) is 19.6. The summed E-state index contributed by atoms with van der Waals surface area (Å²) in [6, 6.07) is 17.6. The van der Waals surface area contributed by atoms with Crippen molar-refractivity contribution >= 4 is 28.9 Å². The second kappa shape index (κ2) is 8.67. The minimum absolute atomic E-state index is 0.438. The smallest absolute Gasteiger partial charge is 0.343 e. The lowest BCUT2D eigenvalue weighted by Gasteiger charge is -2.08. The summed E-state index contributed by atoms with van der Waals surface area (Å²) in [6.45, 7) is 3.76.